The van der Waals surface area contributed by atoms with E-state index in [1.165, 1.54) is 6.07 Å². The topological polar surface area (TPSA) is 56.4 Å². The van der Waals surface area contributed by atoms with Crippen molar-refractivity contribution in [2.45, 2.75) is 52.2 Å². The fourth-order valence-electron chi connectivity index (χ4n) is 4.77. The minimum absolute atomic E-state index is 0.147. The van der Waals surface area contributed by atoms with Crippen molar-refractivity contribution in [1.82, 2.24) is 4.57 Å². The van der Waals surface area contributed by atoms with Crippen molar-refractivity contribution in [2.24, 2.45) is 0 Å². The van der Waals surface area contributed by atoms with E-state index in [0.717, 1.165) is 39.8 Å². The van der Waals surface area contributed by atoms with Crippen molar-refractivity contribution in [3.63, 3.8) is 0 Å². The maximum Gasteiger partial charge on any atom is 0.417 e. The third-order valence-corrected chi connectivity index (χ3v) is 6.43. The van der Waals surface area contributed by atoms with Crippen LogP contribution in [-0.2, 0) is 22.1 Å². The van der Waals surface area contributed by atoms with E-state index in [4.69, 9.17) is 19.5 Å². The number of nitrogens with zero attached hydrogens (tertiary/aromatic N) is 2. The summed E-state index contributed by atoms with van der Waals surface area (Å²) in [7, 11) is 0. The van der Waals surface area contributed by atoms with E-state index < -0.39 is 23.1 Å². The maximum absolute atomic E-state index is 13.1. The van der Waals surface area contributed by atoms with Crippen molar-refractivity contribution in [3.8, 4) is 23.3 Å². The standard InChI is InChI=1S/C30H25F3N2O3.C2H6/c1-4-6-19-17-35(26-8-5-7-24(28(19)26)27-18-36-29(2,3)38-27)21-9-11-22(12-10-21)37-23-13-14-25(30(31,32)33)20(15-23)16-34;1-2/h4-5,7-15,17,27H,1,6,18H2,2-3H3;1-2H3. The van der Waals surface area contributed by atoms with Crippen LogP contribution in [0.2, 0.25) is 0 Å². The molecule has 1 aliphatic rings. The highest BCUT2D eigenvalue weighted by atomic mass is 19.4. The Morgan fingerprint density at radius 1 is 1.10 bits per heavy atom. The van der Waals surface area contributed by atoms with Crippen LogP contribution in [0.25, 0.3) is 16.6 Å². The lowest BCUT2D eigenvalue weighted by atomic mass is 10.0. The van der Waals surface area contributed by atoms with Crippen LogP contribution in [0.15, 0.2) is 79.5 Å². The normalized spacial score (nSPS) is 16.2. The molecule has 0 saturated carbocycles. The second kappa shape index (κ2) is 11.6. The van der Waals surface area contributed by atoms with Gasteiger partial charge in [0.1, 0.15) is 17.6 Å². The van der Waals surface area contributed by atoms with Gasteiger partial charge in [0.15, 0.2) is 5.79 Å². The quantitative estimate of drug-likeness (QED) is 0.226. The molecule has 4 aromatic rings. The van der Waals surface area contributed by atoms with Gasteiger partial charge < -0.3 is 18.8 Å². The Morgan fingerprint density at radius 3 is 2.40 bits per heavy atom. The van der Waals surface area contributed by atoms with Gasteiger partial charge in [-0.25, -0.2) is 0 Å². The zero-order chi connectivity index (χ0) is 29.1. The van der Waals surface area contributed by atoms with Gasteiger partial charge in [0, 0.05) is 17.3 Å². The summed E-state index contributed by atoms with van der Waals surface area (Å²) >= 11 is 0. The van der Waals surface area contributed by atoms with Gasteiger partial charge in [0.2, 0.25) is 0 Å². The summed E-state index contributed by atoms with van der Waals surface area (Å²) in [5.41, 5.74) is 2.56. The highest BCUT2D eigenvalue weighted by molar-refractivity contribution is 5.89. The molecule has 8 heteroatoms. The second-order valence-corrected chi connectivity index (χ2v) is 9.49. The molecule has 208 valence electrons. The van der Waals surface area contributed by atoms with E-state index in [0.29, 0.717) is 18.8 Å². The predicted octanol–water partition coefficient (Wildman–Crippen LogP) is 8.89. The third-order valence-electron chi connectivity index (χ3n) is 6.43. The van der Waals surface area contributed by atoms with Crippen molar-refractivity contribution < 1.29 is 27.4 Å². The Bertz CT molecular complexity index is 1550. The average molecular weight is 549 g/mol. The number of fused-ring (bicyclic) bond motifs is 1. The Hall–Kier alpha value is -4.06. The predicted molar refractivity (Wildman–Crippen MR) is 149 cm³/mol. The minimum atomic E-state index is -4.61. The molecule has 0 aliphatic carbocycles. The minimum Gasteiger partial charge on any atom is -0.457 e. The summed E-state index contributed by atoms with van der Waals surface area (Å²) in [4.78, 5) is 0. The van der Waals surface area contributed by atoms with Gasteiger partial charge in [0.25, 0.3) is 0 Å². The highest BCUT2D eigenvalue weighted by Crippen LogP contribution is 2.39. The molecule has 1 atom stereocenters. The van der Waals surface area contributed by atoms with E-state index in [1.54, 1.807) is 18.2 Å². The molecule has 0 amide bonds. The number of hydrogen-bond acceptors (Lipinski definition) is 4. The summed E-state index contributed by atoms with van der Waals surface area (Å²) in [5.74, 6) is -0.0711. The molecular formula is C32H31F3N2O3. The molecule has 5 nitrogen and oxygen atoms in total. The molecule has 0 radical (unpaired) electrons. The van der Waals surface area contributed by atoms with Gasteiger partial charge >= 0.3 is 6.18 Å². The zero-order valence-corrected chi connectivity index (χ0v) is 22.9. The molecule has 40 heavy (non-hydrogen) atoms. The molecule has 3 aromatic carbocycles. The van der Waals surface area contributed by atoms with E-state index in [-0.39, 0.29) is 11.9 Å². The first-order valence-corrected chi connectivity index (χ1v) is 13.0. The maximum atomic E-state index is 13.1. The van der Waals surface area contributed by atoms with Crippen molar-refractivity contribution >= 4 is 10.9 Å². The van der Waals surface area contributed by atoms with Crippen LogP contribution in [0.4, 0.5) is 13.2 Å². The second-order valence-electron chi connectivity index (χ2n) is 9.49. The van der Waals surface area contributed by atoms with Gasteiger partial charge in [-0.15, -0.1) is 6.58 Å². The van der Waals surface area contributed by atoms with Gasteiger partial charge in [-0.1, -0.05) is 32.1 Å². The molecule has 1 aliphatic heterocycles. The summed E-state index contributed by atoms with van der Waals surface area (Å²) in [6.07, 6.45) is -0.189. The first kappa shape index (κ1) is 28.9. The van der Waals surface area contributed by atoms with Crippen molar-refractivity contribution in [1.29, 1.82) is 5.26 Å². The van der Waals surface area contributed by atoms with E-state index in [2.05, 4.69) is 23.4 Å². The molecule has 0 spiro atoms. The molecule has 1 unspecified atom stereocenters. The molecule has 0 bridgehead atoms. The molecule has 1 fully saturated rings. The number of hydrogen-bond donors (Lipinski definition) is 0. The number of benzene rings is 3. The smallest absolute Gasteiger partial charge is 0.417 e. The lowest BCUT2D eigenvalue weighted by Gasteiger charge is -2.18. The average Bonchev–Trinajstić information content (AvgIpc) is 3.49. The molecule has 1 aromatic heterocycles. The third kappa shape index (κ3) is 5.91. The number of nitriles is 1. The number of allylic oxidation sites excluding steroid dienone is 1. The van der Waals surface area contributed by atoms with E-state index >= 15 is 0 Å². The van der Waals surface area contributed by atoms with E-state index in [1.807, 2.05) is 58.0 Å². The number of ether oxygens (including phenoxy) is 3. The lowest BCUT2D eigenvalue weighted by Crippen LogP contribution is -2.19. The van der Waals surface area contributed by atoms with Crippen LogP contribution in [0.3, 0.4) is 0 Å². The van der Waals surface area contributed by atoms with Crippen LogP contribution < -0.4 is 4.74 Å². The molecule has 5 rings (SSSR count). The highest BCUT2D eigenvalue weighted by Gasteiger charge is 2.35. The molecule has 1 saturated heterocycles. The van der Waals surface area contributed by atoms with Crippen LogP contribution in [0, 0.1) is 11.3 Å². The van der Waals surface area contributed by atoms with Crippen molar-refractivity contribution in [3.05, 3.63) is 102 Å². The monoisotopic (exact) mass is 548 g/mol. The van der Waals surface area contributed by atoms with Gasteiger partial charge in [-0.3, -0.25) is 0 Å². The Balaban J connectivity index is 0.00000181. The zero-order valence-electron chi connectivity index (χ0n) is 22.9. The number of alkyl halides is 3. The number of aromatic nitrogens is 1. The van der Waals surface area contributed by atoms with Crippen LogP contribution in [0.5, 0.6) is 11.5 Å². The molecular weight excluding hydrogens is 517 g/mol. The largest absolute Gasteiger partial charge is 0.457 e. The first-order chi connectivity index (χ1) is 19.1. The molecule has 2 heterocycles. The summed E-state index contributed by atoms with van der Waals surface area (Å²) in [6, 6.07) is 18.0. The fourth-order valence-corrected chi connectivity index (χ4v) is 4.77. The number of halogens is 3. The summed E-state index contributed by atoms with van der Waals surface area (Å²) in [6.45, 7) is 12.2. The van der Waals surface area contributed by atoms with Gasteiger partial charge in [0.05, 0.1) is 29.3 Å². The van der Waals surface area contributed by atoms with Crippen LogP contribution in [0.1, 0.15) is 56.1 Å². The summed E-state index contributed by atoms with van der Waals surface area (Å²) in [5, 5.41) is 10.2. The SMILES string of the molecule is C=CCc1cn(-c2ccc(Oc3ccc(C(F)(F)F)c(C#N)c3)cc2)c2cccc(C3COC(C)(C)O3)c12.CC. The Morgan fingerprint density at radius 2 is 1.80 bits per heavy atom. The van der Waals surface area contributed by atoms with Crippen LogP contribution in [-0.4, -0.2) is 17.0 Å². The number of rotatable bonds is 6. The molecule has 0 N–H and O–H groups in total. The van der Waals surface area contributed by atoms with Gasteiger partial charge in [-0.05, 0) is 79.9 Å². The lowest BCUT2D eigenvalue weighted by molar-refractivity contribution is -0.139. The fraction of sp³-hybridized carbons (Fsp3) is 0.281. The van der Waals surface area contributed by atoms with Crippen molar-refractivity contribution in [2.75, 3.05) is 6.61 Å². The first-order valence-electron chi connectivity index (χ1n) is 13.0. The summed E-state index contributed by atoms with van der Waals surface area (Å²) < 4.78 is 59.1. The van der Waals surface area contributed by atoms with Gasteiger partial charge in [-0.2, -0.15) is 18.4 Å². The Labute approximate surface area is 232 Å². The van der Waals surface area contributed by atoms with Crippen LogP contribution >= 0.6 is 0 Å². The van der Waals surface area contributed by atoms with E-state index in [9.17, 15) is 13.2 Å². The Kier molecular flexibility index (Phi) is 8.38.